The van der Waals surface area contributed by atoms with Gasteiger partial charge >= 0.3 is 0 Å². The molecule has 0 spiro atoms. The van der Waals surface area contributed by atoms with Crippen LogP contribution in [0, 0.1) is 0 Å². The van der Waals surface area contributed by atoms with Crippen molar-refractivity contribution in [2.45, 2.75) is 57.9 Å². The number of sulfonamides is 1. The molecule has 0 atom stereocenters. The Morgan fingerprint density at radius 1 is 1.17 bits per heavy atom. The summed E-state index contributed by atoms with van der Waals surface area (Å²) in [7, 11) is -3.02. The van der Waals surface area contributed by atoms with E-state index in [9.17, 15) is 8.42 Å². The van der Waals surface area contributed by atoms with Gasteiger partial charge in [0.05, 0.1) is 6.26 Å². The van der Waals surface area contributed by atoms with Gasteiger partial charge in [-0.05, 0) is 25.8 Å². The normalized spacial score (nSPS) is 19.1. The van der Waals surface area contributed by atoms with E-state index in [0.717, 1.165) is 13.0 Å². The van der Waals surface area contributed by atoms with Gasteiger partial charge in [0.2, 0.25) is 10.0 Å². The zero-order valence-corrected chi connectivity index (χ0v) is 12.6. The van der Waals surface area contributed by atoms with E-state index in [1.165, 1.54) is 44.8 Å². The second-order valence-electron chi connectivity index (χ2n) is 5.25. The molecule has 0 radical (unpaired) electrons. The lowest BCUT2D eigenvalue weighted by Crippen LogP contribution is -2.34. The molecular weight excluding hydrogens is 248 g/mol. The minimum atomic E-state index is -3.02. The summed E-state index contributed by atoms with van der Waals surface area (Å²) in [4.78, 5) is 0. The van der Waals surface area contributed by atoms with Crippen LogP contribution in [0.15, 0.2) is 0 Å². The van der Waals surface area contributed by atoms with Gasteiger partial charge in [-0.25, -0.2) is 12.7 Å². The van der Waals surface area contributed by atoms with Crippen LogP contribution in [0.1, 0.15) is 51.9 Å². The largest absolute Gasteiger partial charge is 0.314 e. The van der Waals surface area contributed by atoms with Crippen molar-refractivity contribution >= 4 is 10.0 Å². The predicted molar refractivity (Wildman–Crippen MR) is 76.2 cm³/mol. The lowest BCUT2D eigenvalue weighted by atomic mass is 10.1. The van der Waals surface area contributed by atoms with E-state index in [-0.39, 0.29) is 0 Å². The average Bonchev–Trinajstić information content (AvgIpc) is 2.56. The Balaban J connectivity index is 2.17. The number of nitrogens with one attached hydrogen (secondary N) is 1. The number of rotatable bonds is 7. The number of nitrogens with zero attached hydrogens (tertiary/aromatic N) is 1. The Morgan fingerprint density at radius 3 is 2.28 bits per heavy atom. The highest BCUT2D eigenvalue weighted by Crippen LogP contribution is 2.17. The third-order valence-corrected chi connectivity index (χ3v) is 5.07. The maximum absolute atomic E-state index is 11.4. The first-order valence-electron chi connectivity index (χ1n) is 7.22. The monoisotopic (exact) mass is 276 g/mol. The van der Waals surface area contributed by atoms with E-state index < -0.39 is 10.0 Å². The Kier molecular flexibility index (Phi) is 7.19. The fourth-order valence-corrected chi connectivity index (χ4v) is 3.53. The summed E-state index contributed by atoms with van der Waals surface area (Å²) in [6.45, 7) is 4.02. The van der Waals surface area contributed by atoms with E-state index in [2.05, 4.69) is 5.32 Å². The summed E-state index contributed by atoms with van der Waals surface area (Å²) < 4.78 is 24.4. The van der Waals surface area contributed by atoms with E-state index in [0.29, 0.717) is 19.1 Å². The quantitative estimate of drug-likeness (QED) is 0.571. The number of hydrogen-bond acceptors (Lipinski definition) is 3. The fraction of sp³-hybridized carbons (Fsp3) is 1.00. The molecule has 1 N–H and O–H groups in total. The first-order valence-corrected chi connectivity index (χ1v) is 9.07. The lowest BCUT2D eigenvalue weighted by Gasteiger charge is -2.20. The van der Waals surface area contributed by atoms with Crippen molar-refractivity contribution in [1.82, 2.24) is 9.62 Å². The van der Waals surface area contributed by atoms with Gasteiger partial charge in [0.1, 0.15) is 0 Å². The van der Waals surface area contributed by atoms with Gasteiger partial charge in [-0.3, -0.25) is 0 Å². The highest BCUT2D eigenvalue weighted by atomic mass is 32.2. The molecule has 1 fully saturated rings. The minimum Gasteiger partial charge on any atom is -0.314 e. The molecule has 0 aromatic carbocycles. The molecule has 0 saturated heterocycles. The van der Waals surface area contributed by atoms with Crippen LogP contribution in [-0.2, 0) is 10.0 Å². The van der Waals surface area contributed by atoms with Gasteiger partial charge in [-0.1, -0.05) is 32.6 Å². The van der Waals surface area contributed by atoms with Crippen molar-refractivity contribution < 1.29 is 8.42 Å². The minimum absolute atomic E-state index is 0.572. The van der Waals surface area contributed by atoms with Gasteiger partial charge in [0.25, 0.3) is 0 Å². The van der Waals surface area contributed by atoms with E-state index in [1.54, 1.807) is 4.31 Å². The lowest BCUT2D eigenvalue weighted by molar-refractivity contribution is 0.399. The van der Waals surface area contributed by atoms with Crippen LogP contribution in [0.3, 0.4) is 0 Å². The molecule has 0 unspecified atom stereocenters. The molecular formula is C13H28N2O2S. The zero-order valence-electron chi connectivity index (χ0n) is 11.8. The Bertz CT molecular complexity index is 309. The van der Waals surface area contributed by atoms with E-state index in [1.807, 2.05) is 6.92 Å². The van der Waals surface area contributed by atoms with Gasteiger partial charge < -0.3 is 5.32 Å². The summed E-state index contributed by atoms with van der Waals surface area (Å²) in [6, 6.07) is 0.654. The average molecular weight is 276 g/mol. The van der Waals surface area contributed by atoms with Crippen molar-refractivity contribution in [3.05, 3.63) is 0 Å². The Labute approximate surface area is 112 Å². The number of hydrogen-bond donors (Lipinski definition) is 1. The second kappa shape index (κ2) is 8.12. The third kappa shape index (κ3) is 6.16. The summed E-state index contributed by atoms with van der Waals surface area (Å²) in [5.74, 6) is 0. The molecule has 0 aromatic rings. The van der Waals surface area contributed by atoms with Crippen LogP contribution in [0.4, 0.5) is 0 Å². The molecule has 108 valence electrons. The molecule has 0 aliphatic heterocycles. The maximum Gasteiger partial charge on any atom is 0.211 e. The molecule has 0 heterocycles. The molecule has 1 aliphatic carbocycles. The summed E-state index contributed by atoms with van der Waals surface area (Å²) in [6.07, 6.45) is 10.2. The zero-order chi connectivity index (χ0) is 13.4. The van der Waals surface area contributed by atoms with Crippen molar-refractivity contribution in [2.75, 3.05) is 25.9 Å². The topological polar surface area (TPSA) is 49.4 Å². The molecule has 18 heavy (non-hydrogen) atoms. The summed E-state index contributed by atoms with van der Waals surface area (Å²) in [5.41, 5.74) is 0. The van der Waals surface area contributed by atoms with Crippen molar-refractivity contribution in [3.8, 4) is 0 Å². The molecule has 0 aromatic heterocycles. The van der Waals surface area contributed by atoms with Crippen LogP contribution in [-0.4, -0.2) is 44.7 Å². The van der Waals surface area contributed by atoms with Crippen molar-refractivity contribution in [2.24, 2.45) is 0 Å². The van der Waals surface area contributed by atoms with Crippen LogP contribution < -0.4 is 5.32 Å². The van der Waals surface area contributed by atoms with E-state index in [4.69, 9.17) is 0 Å². The first-order chi connectivity index (χ1) is 8.54. The second-order valence-corrected chi connectivity index (χ2v) is 7.23. The van der Waals surface area contributed by atoms with Crippen LogP contribution in [0.25, 0.3) is 0 Å². The molecule has 0 bridgehead atoms. The predicted octanol–water partition coefficient (Wildman–Crippen LogP) is 1.97. The van der Waals surface area contributed by atoms with Crippen LogP contribution in [0.5, 0.6) is 0 Å². The third-order valence-electron chi connectivity index (χ3n) is 3.69. The van der Waals surface area contributed by atoms with Gasteiger partial charge in [-0.2, -0.15) is 0 Å². The fourth-order valence-electron chi connectivity index (χ4n) is 2.60. The van der Waals surface area contributed by atoms with E-state index >= 15 is 0 Å². The molecule has 0 amide bonds. The van der Waals surface area contributed by atoms with Gasteiger partial charge in [0, 0.05) is 19.1 Å². The Hall–Kier alpha value is -0.130. The molecule has 1 saturated carbocycles. The molecule has 5 heteroatoms. The Morgan fingerprint density at radius 2 is 1.78 bits per heavy atom. The highest BCUT2D eigenvalue weighted by molar-refractivity contribution is 7.88. The first kappa shape index (κ1) is 15.9. The van der Waals surface area contributed by atoms with Crippen LogP contribution >= 0.6 is 0 Å². The van der Waals surface area contributed by atoms with Crippen molar-refractivity contribution in [3.63, 3.8) is 0 Å². The standard InChI is InChI=1S/C13H28N2O2S/c1-3-15(18(2,16)17)12-8-11-14-13-9-6-4-5-7-10-13/h13-14H,3-12H2,1-2H3. The molecule has 1 aliphatic rings. The summed E-state index contributed by atoms with van der Waals surface area (Å²) in [5, 5.41) is 3.57. The van der Waals surface area contributed by atoms with Crippen molar-refractivity contribution in [1.29, 1.82) is 0 Å². The summed E-state index contributed by atoms with van der Waals surface area (Å²) >= 11 is 0. The SMILES string of the molecule is CCN(CCCNC1CCCCCC1)S(C)(=O)=O. The highest BCUT2D eigenvalue weighted by Gasteiger charge is 2.14. The van der Waals surface area contributed by atoms with Gasteiger partial charge in [0.15, 0.2) is 0 Å². The molecule has 4 nitrogen and oxygen atoms in total. The smallest absolute Gasteiger partial charge is 0.211 e. The van der Waals surface area contributed by atoms with Gasteiger partial charge in [-0.15, -0.1) is 0 Å². The molecule has 1 rings (SSSR count). The van der Waals surface area contributed by atoms with Crippen LogP contribution in [0.2, 0.25) is 0 Å². The maximum atomic E-state index is 11.4.